The van der Waals surface area contributed by atoms with Crippen LogP contribution in [0, 0.1) is 0 Å². The number of esters is 3. The van der Waals surface area contributed by atoms with Gasteiger partial charge in [-0.05, 0) is 44.9 Å². The fourth-order valence-electron chi connectivity index (χ4n) is 7.26. The topological polar surface area (TPSA) is 78.9 Å². The van der Waals surface area contributed by atoms with Gasteiger partial charge in [0.1, 0.15) is 13.2 Å². The first-order valence-electron chi connectivity index (χ1n) is 24.7. The molecule has 0 saturated heterocycles. The normalized spacial score (nSPS) is 12.0. The molecule has 0 fully saturated rings. The second-order valence-electron chi connectivity index (χ2n) is 16.7. The van der Waals surface area contributed by atoms with Crippen LogP contribution in [-0.2, 0) is 28.6 Å². The van der Waals surface area contributed by atoms with Crippen LogP contribution in [0.25, 0.3) is 0 Å². The molecule has 56 heavy (non-hydrogen) atoms. The van der Waals surface area contributed by atoms with Gasteiger partial charge in [0.15, 0.2) is 6.10 Å². The Hall–Kier alpha value is -1.85. The molecular formula is C50H94O6. The molecule has 0 radical (unpaired) electrons. The van der Waals surface area contributed by atoms with Gasteiger partial charge in [-0.15, -0.1) is 0 Å². The molecule has 6 heteroatoms. The average molecular weight is 791 g/mol. The number of unbranched alkanes of at least 4 members (excludes halogenated alkanes) is 32. The minimum Gasteiger partial charge on any atom is -0.462 e. The third-order valence-corrected chi connectivity index (χ3v) is 11.0. The third kappa shape index (κ3) is 43.3. The lowest BCUT2D eigenvalue weighted by molar-refractivity contribution is -0.167. The van der Waals surface area contributed by atoms with Crippen LogP contribution in [0.4, 0.5) is 0 Å². The summed E-state index contributed by atoms with van der Waals surface area (Å²) in [7, 11) is 0. The first kappa shape index (κ1) is 54.2. The summed E-state index contributed by atoms with van der Waals surface area (Å²) < 4.78 is 16.7. The van der Waals surface area contributed by atoms with Gasteiger partial charge in [-0.2, -0.15) is 0 Å². The Morgan fingerprint density at radius 3 is 0.911 bits per heavy atom. The van der Waals surface area contributed by atoms with E-state index in [-0.39, 0.29) is 31.1 Å². The van der Waals surface area contributed by atoms with Crippen molar-refractivity contribution < 1.29 is 28.6 Å². The number of ether oxygens (including phenoxy) is 3. The van der Waals surface area contributed by atoms with E-state index >= 15 is 0 Å². The van der Waals surface area contributed by atoms with Crippen molar-refractivity contribution in [3.8, 4) is 0 Å². The number of rotatable bonds is 45. The molecule has 0 bridgehead atoms. The van der Waals surface area contributed by atoms with E-state index in [2.05, 4.69) is 32.9 Å². The first-order valence-corrected chi connectivity index (χ1v) is 24.7. The van der Waals surface area contributed by atoms with E-state index in [0.717, 1.165) is 70.6 Å². The third-order valence-electron chi connectivity index (χ3n) is 11.0. The van der Waals surface area contributed by atoms with Crippen LogP contribution < -0.4 is 0 Å². The molecule has 0 N–H and O–H groups in total. The number of carbonyl (C=O) groups is 3. The van der Waals surface area contributed by atoms with Crippen LogP contribution >= 0.6 is 0 Å². The fraction of sp³-hybridized carbons (Fsp3) is 0.900. The minimum atomic E-state index is -0.769. The zero-order valence-corrected chi connectivity index (χ0v) is 37.7. The van der Waals surface area contributed by atoms with Crippen molar-refractivity contribution in [2.75, 3.05) is 13.2 Å². The van der Waals surface area contributed by atoms with Crippen LogP contribution in [-0.4, -0.2) is 37.2 Å². The van der Waals surface area contributed by atoms with E-state index in [4.69, 9.17) is 14.2 Å². The molecule has 0 aromatic heterocycles. The smallest absolute Gasteiger partial charge is 0.306 e. The SMILES string of the molecule is CCCCCCCC/C=C\CCCCCC(=O)OC(COC(=O)CCCCCCCCCCCCC)COC(=O)CCCCCCCCCCCCCCCC. The van der Waals surface area contributed by atoms with Crippen molar-refractivity contribution in [2.24, 2.45) is 0 Å². The lowest BCUT2D eigenvalue weighted by Crippen LogP contribution is -2.30. The molecule has 0 heterocycles. The molecule has 0 rings (SSSR count). The summed E-state index contributed by atoms with van der Waals surface area (Å²) in [6.07, 6.45) is 49.0. The molecule has 0 aliphatic heterocycles. The fourth-order valence-corrected chi connectivity index (χ4v) is 7.26. The van der Waals surface area contributed by atoms with Gasteiger partial charge in [0, 0.05) is 19.3 Å². The van der Waals surface area contributed by atoms with E-state index < -0.39 is 6.10 Å². The van der Waals surface area contributed by atoms with Crippen molar-refractivity contribution in [2.45, 2.75) is 277 Å². The highest BCUT2D eigenvalue weighted by molar-refractivity contribution is 5.71. The summed E-state index contributed by atoms with van der Waals surface area (Å²) in [4.78, 5) is 37.8. The number of hydrogen-bond acceptors (Lipinski definition) is 6. The first-order chi connectivity index (χ1) is 27.5. The Kier molecular flexibility index (Phi) is 44.3. The standard InChI is InChI=1S/C50H94O6/c1-4-7-10-13-16-19-22-24-26-28-31-34-37-40-43-49(52)55-46-47(45-54-48(51)42-39-36-33-30-27-21-18-15-12-9-6-3)56-50(53)44-41-38-35-32-29-25-23-20-17-14-11-8-5-2/h25,29,47H,4-24,26-28,30-46H2,1-3H3/b29-25-. The highest BCUT2D eigenvalue weighted by atomic mass is 16.6. The maximum absolute atomic E-state index is 12.7. The van der Waals surface area contributed by atoms with E-state index in [0.29, 0.717) is 19.3 Å². The maximum Gasteiger partial charge on any atom is 0.306 e. The predicted octanol–water partition coefficient (Wildman–Crippen LogP) is 15.8. The second kappa shape index (κ2) is 45.8. The molecule has 0 spiro atoms. The maximum atomic E-state index is 12.7. The molecule has 0 aliphatic rings. The summed E-state index contributed by atoms with van der Waals surface area (Å²) in [5.74, 6) is -0.875. The van der Waals surface area contributed by atoms with Gasteiger partial charge in [-0.25, -0.2) is 0 Å². The lowest BCUT2D eigenvalue weighted by atomic mass is 10.0. The summed E-state index contributed by atoms with van der Waals surface area (Å²) in [5, 5.41) is 0. The summed E-state index contributed by atoms with van der Waals surface area (Å²) in [6.45, 7) is 6.63. The number of carbonyl (C=O) groups excluding carboxylic acids is 3. The second-order valence-corrected chi connectivity index (χ2v) is 16.7. The highest BCUT2D eigenvalue weighted by Crippen LogP contribution is 2.16. The molecule has 0 aromatic rings. The van der Waals surface area contributed by atoms with E-state index in [9.17, 15) is 14.4 Å². The average Bonchev–Trinajstić information content (AvgIpc) is 3.19. The number of hydrogen-bond donors (Lipinski definition) is 0. The molecule has 0 aromatic carbocycles. The van der Waals surface area contributed by atoms with E-state index in [1.54, 1.807) is 0 Å². The van der Waals surface area contributed by atoms with E-state index in [1.807, 2.05) is 0 Å². The molecule has 1 unspecified atom stereocenters. The Labute approximate surface area is 348 Å². The molecule has 0 saturated carbocycles. The Bertz CT molecular complexity index is 870. The minimum absolute atomic E-state index is 0.0711. The van der Waals surface area contributed by atoms with Gasteiger partial charge in [0.2, 0.25) is 0 Å². The zero-order chi connectivity index (χ0) is 40.8. The van der Waals surface area contributed by atoms with Crippen molar-refractivity contribution in [1.29, 1.82) is 0 Å². The van der Waals surface area contributed by atoms with E-state index in [1.165, 1.54) is 161 Å². The summed E-state index contributed by atoms with van der Waals surface area (Å²) in [5.41, 5.74) is 0. The van der Waals surface area contributed by atoms with Crippen LogP contribution in [0.15, 0.2) is 12.2 Å². The van der Waals surface area contributed by atoms with Gasteiger partial charge in [-0.3, -0.25) is 14.4 Å². The van der Waals surface area contributed by atoms with Crippen molar-refractivity contribution in [3.63, 3.8) is 0 Å². The molecular weight excluding hydrogens is 697 g/mol. The molecule has 0 amide bonds. The van der Waals surface area contributed by atoms with Crippen LogP contribution in [0.3, 0.4) is 0 Å². The Morgan fingerprint density at radius 2 is 0.589 bits per heavy atom. The summed E-state index contributed by atoms with van der Waals surface area (Å²) >= 11 is 0. The molecule has 330 valence electrons. The monoisotopic (exact) mass is 791 g/mol. The highest BCUT2D eigenvalue weighted by Gasteiger charge is 2.19. The molecule has 1 atom stereocenters. The Balaban J connectivity index is 4.34. The lowest BCUT2D eigenvalue weighted by Gasteiger charge is -2.18. The Morgan fingerprint density at radius 1 is 0.339 bits per heavy atom. The number of allylic oxidation sites excluding steroid dienone is 2. The van der Waals surface area contributed by atoms with Crippen molar-refractivity contribution in [3.05, 3.63) is 12.2 Å². The van der Waals surface area contributed by atoms with Crippen LogP contribution in [0.1, 0.15) is 271 Å². The summed E-state index contributed by atoms with van der Waals surface area (Å²) in [6, 6.07) is 0. The largest absolute Gasteiger partial charge is 0.462 e. The van der Waals surface area contributed by atoms with Crippen LogP contribution in [0.5, 0.6) is 0 Å². The van der Waals surface area contributed by atoms with Gasteiger partial charge in [-0.1, -0.05) is 219 Å². The molecule has 6 nitrogen and oxygen atoms in total. The molecule has 0 aliphatic carbocycles. The quantitative estimate of drug-likeness (QED) is 0.0264. The van der Waals surface area contributed by atoms with Gasteiger partial charge in [0.25, 0.3) is 0 Å². The van der Waals surface area contributed by atoms with Gasteiger partial charge in [0.05, 0.1) is 0 Å². The van der Waals surface area contributed by atoms with Gasteiger partial charge < -0.3 is 14.2 Å². The van der Waals surface area contributed by atoms with Gasteiger partial charge >= 0.3 is 17.9 Å². The van der Waals surface area contributed by atoms with Crippen LogP contribution in [0.2, 0.25) is 0 Å². The zero-order valence-electron chi connectivity index (χ0n) is 37.7. The van der Waals surface area contributed by atoms with Crippen molar-refractivity contribution >= 4 is 17.9 Å². The predicted molar refractivity (Wildman–Crippen MR) is 238 cm³/mol. The van der Waals surface area contributed by atoms with Crippen molar-refractivity contribution in [1.82, 2.24) is 0 Å².